The second-order valence-electron chi connectivity index (χ2n) is 5.55. The molecule has 2 fully saturated rings. The minimum absolute atomic E-state index is 0.235. The monoisotopic (exact) mass is 254 g/mol. The van der Waals surface area contributed by atoms with Crippen molar-refractivity contribution in [3.63, 3.8) is 0 Å². The number of morpholine rings is 1. The molecule has 0 aromatic heterocycles. The lowest BCUT2D eigenvalue weighted by molar-refractivity contribution is -0.0490. The fourth-order valence-corrected chi connectivity index (χ4v) is 2.94. The topological polar surface area (TPSA) is 62.9 Å². The molecular formula is C13H26N4O. The Bertz CT molecular complexity index is 279. The van der Waals surface area contributed by atoms with Crippen LogP contribution >= 0.6 is 0 Å². The van der Waals surface area contributed by atoms with E-state index in [0.29, 0.717) is 6.04 Å². The maximum absolute atomic E-state index is 5.74. The highest BCUT2D eigenvalue weighted by atomic mass is 16.5. The van der Waals surface area contributed by atoms with Crippen LogP contribution in [0.15, 0.2) is 4.99 Å². The molecule has 5 nitrogen and oxygen atoms in total. The van der Waals surface area contributed by atoms with Gasteiger partial charge in [0, 0.05) is 13.1 Å². The van der Waals surface area contributed by atoms with E-state index < -0.39 is 0 Å². The largest absolute Gasteiger partial charge is 0.372 e. The van der Waals surface area contributed by atoms with E-state index in [-0.39, 0.29) is 12.2 Å². The lowest BCUT2D eigenvalue weighted by Gasteiger charge is -2.37. The number of nitrogens with one attached hydrogen (secondary N) is 1. The highest BCUT2D eigenvalue weighted by molar-refractivity contribution is 5.79. The Morgan fingerprint density at radius 3 is 2.33 bits per heavy atom. The van der Waals surface area contributed by atoms with E-state index in [1.807, 2.05) is 0 Å². The van der Waals surface area contributed by atoms with Gasteiger partial charge in [0.25, 0.3) is 0 Å². The smallest absolute Gasteiger partial charge is 0.208 e. The molecule has 2 atom stereocenters. The van der Waals surface area contributed by atoms with Gasteiger partial charge in [-0.15, -0.1) is 0 Å². The van der Waals surface area contributed by atoms with E-state index in [4.69, 9.17) is 15.6 Å². The van der Waals surface area contributed by atoms with Gasteiger partial charge in [-0.05, 0) is 26.7 Å². The third kappa shape index (κ3) is 3.59. The SMILES string of the molecule is CC1CN(C(=NC2CCCCC2)NN)CC(C)O1. The van der Waals surface area contributed by atoms with Gasteiger partial charge in [0.2, 0.25) is 5.96 Å². The summed E-state index contributed by atoms with van der Waals surface area (Å²) in [7, 11) is 0. The molecule has 104 valence electrons. The Hall–Kier alpha value is -0.810. The lowest BCUT2D eigenvalue weighted by atomic mass is 9.96. The third-order valence-electron chi connectivity index (χ3n) is 3.73. The summed E-state index contributed by atoms with van der Waals surface area (Å²) in [4.78, 5) is 7.01. The van der Waals surface area contributed by atoms with Crippen LogP contribution in [0, 0.1) is 0 Å². The number of guanidine groups is 1. The molecule has 18 heavy (non-hydrogen) atoms. The lowest BCUT2D eigenvalue weighted by Crippen LogP contribution is -2.54. The summed E-state index contributed by atoms with van der Waals surface area (Å²) in [5.41, 5.74) is 2.78. The number of hydrogen-bond acceptors (Lipinski definition) is 3. The summed E-state index contributed by atoms with van der Waals surface area (Å²) in [6.45, 7) is 5.91. The Balaban J connectivity index is 1.99. The first kappa shape index (κ1) is 13.6. The number of ether oxygens (including phenoxy) is 1. The Labute approximate surface area is 110 Å². The first-order valence-electron chi connectivity index (χ1n) is 7.14. The van der Waals surface area contributed by atoms with Gasteiger partial charge in [-0.3, -0.25) is 5.43 Å². The van der Waals surface area contributed by atoms with Crippen LogP contribution in [0.4, 0.5) is 0 Å². The predicted octanol–water partition coefficient (Wildman–Crippen LogP) is 1.25. The van der Waals surface area contributed by atoms with Crippen molar-refractivity contribution in [2.45, 2.75) is 64.2 Å². The van der Waals surface area contributed by atoms with Crippen LogP contribution in [-0.2, 0) is 4.74 Å². The van der Waals surface area contributed by atoms with Gasteiger partial charge in [-0.1, -0.05) is 19.3 Å². The molecule has 1 saturated carbocycles. The fourth-order valence-electron chi connectivity index (χ4n) is 2.94. The fraction of sp³-hybridized carbons (Fsp3) is 0.923. The Morgan fingerprint density at radius 2 is 1.78 bits per heavy atom. The third-order valence-corrected chi connectivity index (χ3v) is 3.73. The van der Waals surface area contributed by atoms with Crippen molar-refractivity contribution < 1.29 is 4.74 Å². The second-order valence-corrected chi connectivity index (χ2v) is 5.55. The summed E-state index contributed by atoms with van der Waals surface area (Å²) in [5, 5.41) is 0. The molecule has 1 aliphatic heterocycles. The predicted molar refractivity (Wildman–Crippen MR) is 73.2 cm³/mol. The number of aliphatic imine (C=N–C) groups is 1. The zero-order valence-corrected chi connectivity index (χ0v) is 11.6. The summed E-state index contributed by atoms with van der Waals surface area (Å²) in [6, 6.07) is 0.443. The van der Waals surface area contributed by atoms with E-state index >= 15 is 0 Å². The zero-order chi connectivity index (χ0) is 13.0. The molecule has 2 aliphatic rings. The van der Waals surface area contributed by atoms with Gasteiger partial charge >= 0.3 is 0 Å². The molecule has 0 aromatic carbocycles. The van der Waals surface area contributed by atoms with Crippen molar-refractivity contribution >= 4 is 5.96 Å². The molecule has 1 heterocycles. The minimum Gasteiger partial charge on any atom is -0.372 e. The van der Waals surface area contributed by atoms with E-state index in [1.54, 1.807) is 0 Å². The van der Waals surface area contributed by atoms with Gasteiger partial charge in [-0.2, -0.15) is 0 Å². The first-order valence-corrected chi connectivity index (χ1v) is 7.14. The van der Waals surface area contributed by atoms with Gasteiger partial charge in [-0.25, -0.2) is 10.8 Å². The van der Waals surface area contributed by atoms with E-state index in [1.165, 1.54) is 32.1 Å². The Morgan fingerprint density at radius 1 is 1.17 bits per heavy atom. The van der Waals surface area contributed by atoms with Crippen LogP contribution in [0.5, 0.6) is 0 Å². The van der Waals surface area contributed by atoms with E-state index in [0.717, 1.165) is 19.0 Å². The molecule has 0 amide bonds. The first-order chi connectivity index (χ1) is 8.69. The maximum atomic E-state index is 5.74. The van der Waals surface area contributed by atoms with Crippen molar-refractivity contribution in [3.8, 4) is 0 Å². The molecule has 1 aliphatic carbocycles. The zero-order valence-electron chi connectivity index (χ0n) is 11.6. The normalized spacial score (nSPS) is 31.5. The van der Waals surface area contributed by atoms with Crippen LogP contribution in [-0.4, -0.2) is 42.2 Å². The highest BCUT2D eigenvalue weighted by Crippen LogP contribution is 2.21. The summed E-state index contributed by atoms with van der Waals surface area (Å²) < 4.78 is 5.74. The molecule has 0 radical (unpaired) electrons. The summed E-state index contributed by atoms with van der Waals surface area (Å²) in [5.74, 6) is 6.49. The van der Waals surface area contributed by atoms with Crippen molar-refractivity contribution in [2.75, 3.05) is 13.1 Å². The average molecular weight is 254 g/mol. The molecule has 1 saturated heterocycles. The van der Waals surface area contributed by atoms with E-state index in [9.17, 15) is 0 Å². The van der Waals surface area contributed by atoms with Crippen LogP contribution in [0.25, 0.3) is 0 Å². The van der Waals surface area contributed by atoms with Crippen molar-refractivity contribution in [1.29, 1.82) is 0 Å². The molecule has 2 rings (SSSR count). The summed E-state index contributed by atoms with van der Waals surface area (Å²) in [6.07, 6.45) is 6.80. The highest BCUT2D eigenvalue weighted by Gasteiger charge is 2.25. The molecule has 5 heteroatoms. The molecule has 3 N–H and O–H groups in total. The number of nitrogens with zero attached hydrogens (tertiary/aromatic N) is 2. The van der Waals surface area contributed by atoms with Crippen molar-refractivity contribution in [3.05, 3.63) is 0 Å². The Kier molecular flexibility index (Phi) is 4.83. The van der Waals surface area contributed by atoms with Gasteiger partial charge < -0.3 is 9.64 Å². The molecule has 0 spiro atoms. The number of nitrogens with two attached hydrogens (primary N) is 1. The molecule has 2 unspecified atom stereocenters. The standard InChI is InChI=1S/C13H26N4O/c1-10-8-17(9-11(2)18-10)13(16-14)15-12-6-4-3-5-7-12/h10-12H,3-9,14H2,1-2H3,(H,15,16). The van der Waals surface area contributed by atoms with Gasteiger partial charge in [0.05, 0.1) is 18.2 Å². The van der Waals surface area contributed by atoms with Gasteiger partial charge in [0.15, 0.2) is 0 Å². The number of rotatable bonds is 1. The quantitative estimate of drug-likeness (QED) is 0.320. The minimum atomic E-state index is 0.235. The van der Waals surface area contributed by atoms with Crippen LogP contribution in [0.1, 0.15) is 46.0 Å². The molecule has 0 bridgehead atoms. The van der Waals surface area contributed by atoms with E-state index in [2.05, 4.69) is 24.2 Å². The van der Waals surface area contributed by atoms with Crippen molar-refractivity contribution in [1.82, 2.24) is 10.3 Å². The second kappa shape index (κ2) is 6.38. The molecule has 0 aromatic rings. The maximum Gasteiger partial charge on any atom is 0.208 e. The van der Waals surface area contributed by atoms with Crippen LogP contribution in [0.2, 0.25) is 0 Å². The molecular weight excluding hydrogens is 228 g/mol. The van der Waals surface area contributed by atoms with Crippen molar-refractivity contribution in [2.24, 2.45) is 10.8 Å². The van der Waals surface area contributed by atoms with Crippen LogP contribution in [0.3, 0.4) is 0 Å². The average Bonchev–Trinajstić information content (AvgIpc) is 2.36. The van der Waals surface area contributed by atoms with Gasteiger partial charge in [0.1, 0.15) is 0 Å². The summed E-state index contributed by atoms with van der Waals surface area (Å²) >= 11 is 0. The van der Waals surface area contributed by atoms with Crippen LogP contribution < -0.4 is 11.3 Å². The number of hydrogen-bond donors (Lipinski definition) is 2. The number of hydrazine groups is 1.